The van der Waals surface area contributed by atoms with Crippen LogP contribution in [0.25, 0.3) is 0 Å². The van der Waals surface area contributed by atoms with Gasteiger partial charge in [0, 0.05) is 52.9 Å². The summed E-state index contributed by atoms with van der Waals surface area (Å²) in [6.07, 6.45) is 7.08. The van der Waals surface area contributed by atoms with Crippen LogP contribution in [0.4, 0.5) is 0 Å². The van der Waals surface area contributed by atoms with Crippen LogP contribution in [0.3, 0.4) is 0 Å². The van der Waals surface area contributed by atoms with Crippen molar-refractivity contribution >= 4 is 41.7 Å². The number of thioether (sulfide) groups is 1. The normalized spacial score (nSPS) is 15.7. The molecule has 2 N–H and O–H groups in total. The second-order valence-corrected chi connectivity index (χ2v) is 8.42. The predicted molar refractivity (Wildman–Crippen MR) is 140 cm³/mol. The summed E-state index contributed by atoms with van der Waals surface area (Å²) < 4.78 is 0. The molecule has 0 radical (unpaired) electrons. The van der Waals surface area contributed by atoms with Crippen LogP contribution < -0.4 is 10.6 Å². The first kappa shape index (κ1) is 26.5. The number of hydrogen-bond donors (Lipinski definition) is 2. The second-order valence-electron chi connectivity index (χ2n) is 7.44. The number of hydrogen-bond acceptors (Lipinski definition) is 4. The van der Waals surface area contributed by atoms with Crippen LogP contribution in [0.2, 0.25) is 0 Å². The summed E-state index contributed by atoms with van der Waals surface area (Å²) in [7, 11) is 1.85. The minimum Gasteiger partial charge on any atom is -0.356 e. The minimum atomic E-state index is 0. The van der Waals surface area contributed by atoms with Crippen LogP contribution in [-0.2, 0) is 6.54 Å². The Labute approximate surface area is 199 Å². The van der Waals surface area contributed by atoms with Crippen LogP contribution in [0.5, 0.6) is 0 Å². The summed E-state index contributed by atoms with van der Waals surface area (Å²) in [6.45, 7) is 9.05. The molecule has 0 aromatic heterocycles. The van der Waals surface area contributed by atoms with E-state index in [0.717, 1.165) is 25.6 Å². The molecular weight excluding hydrogens is 493 g/mol. The van der Waals surface area contributed by atoms with Gasteiger partial charge in [-0.2, -0.15) is 11.8 Å². The third kappa shape index (κ3) is 12.1. The molecule has 1 fully saturated rings. The number of aliphatic imine (C=N–C) groups is 1. The van der Waals surface area contributed by atoms with Crippen molar-refractivity contribution in [3.8, 4) is 0 Å². The topological polar surface area (TPSA) is 42.9 Å². The molecule has 2 rings (SSSR count). The minimum absolute atomic E-state index is 0. The Kier molecular flexibility index (Phi) is 15.7. The zero-order valence-electron chi connectivity index (χ0n) is 18.2. The van der Waals surface area contributed by atoms with Crippen molar-refractivity contribution in [2.45, 2.75) is 32.2 Å². The van der Waals surface area contributed by atoms with Gasteiger partial charge in [-0.25, -0.2) is 0 Å². The van der Waals surface area contributed by atoms with Crippen molar-refractivity contribution in [2.24, 2.45) is 4.99 Å². The van der Waals surface area contributed by atoms with Gasteiger partial charge in [-0.1, -0.05) is 30.3 Å². The zero-order valence-corrected chi connectivity index (χ0v) is 21.4. The number of guanidine groups is 1. The summed E-state index contributed by atoms with van der Waals surface area (Å²) in [5.41, 5.74) is 1.42. The molecule has 0 saturated carbocycles. The number of rotatable bonds is 12. The van der Waals surface area contributed by atoms with Crippen LogP contribution in [0.15, 0.2) is 35.3 Å². The van der Waals surface area contributed by atoms with Gasteiger partial charge in [-0.05, 0) is 49.8 Å². The maximum Gasteiger partial charge on any atom is 0.190 e. The molecule has 29 heavy (non-hydrogen) atoms. The molecule has 0 spiro atoms. The van der Waals surface area contributed by atoms with E-state index >= 15 is 0 Å². The van der Waals surface area contributed by atoms with E-state index in [1.54, 1.807) is 0 Å². The lowest BCUT2D eigenvalue weighted by atomic mass is 10.2. The van der Waals surface area contributed by atoms with E-state index in [1.165, 1.54) is 69.7 Å². The Balaban J connectivity index is 0.00000420. The van der Waals surface area contributed by atoms with Gasteiger partial charge >= 0.3 is 0 Å². The highest BCUT2D eigenvalue weighted by Crippen LogP contribution is 2.09. The van der Waals surface area contributed by atoms with Gasteiger partial charge in [0.05, 0.1) is 0 Å². The van der Waals surface area contributed by atoms with Crippen molar-refractivity contribution in [1.29, 1.82) is 0 Å². The van der Waals surface area contributed by atoms with Crippen LogP contribution in [0.1, 0.15) is 31.2 Å². The van der Waals surface area contributed by atoms with E-state index in [2.05, 4.69) is 62.0 Å². The Morgan fingerprint density at radius 1 is 0.931 bits per heavy atom. The fourth-order valence-corrected chi connectivity index (χ4v) is 3.97. The first-order valence-corrected chi connectivity index (χ1v) is 12.1. The van der Waals surface area contributed by atoms with Crippen LogP contribution in [-0.4, -0.2) is 80.6 Å². The van der Waals surface area contributed by atoms with Gasteiger partial charge in [-0.3, -0.25) is 9.89 Å². The van der Waals surface area contributed by atoms with Gasteiger partial charge in [0.1, 0.15) is 0 Å². The number of nitrogens with one attached hydrogen (secondary N) is 2. The Bertz CT molecular complexity index is 535. The molecule has 1 aromatic rings. The molecule has 0 bridgehead atoms. The van der Waals surface area contributed by atoms with Crippen molar-refractivity contribution in [3.63, 3.8) is 0 Å². The summed E-state index contributed by atoms with van der Waals surface area (Å²) >= 11 is 1.92. The lowest BCUT2D eigenvalue weighted by Crippen LogP contribution is -2.46. The fourth-order valence-electron chi connectivity index (χ4n) is 3.48. The molecule has 1 aromatic carbocycles. The first-order chi connectivity index (χ1) is 13.8. The van der Waals surface area contributed by atoms with E-state index in [1.807, 2.05) is 18.8 Å². The van der Waals surface area contributed by atoms with E-state index in [-0.39, 0.29) is 24.0 Å². The molecule has 1 heterocycles. The first-order valence-electron chi connectivity index (χ1n) is 10.7. The van der Waals surface area contributed by atoms with E-state index in [9.17, 15) is 0 Å². The van der Waals surface area contributed by atoms with E-state index < -0.39 is 0 Å². The SMILES string of the molecule is CN=C(NCCCCSC)NCCCCN1CCN(Cc2ccccc2)CC1.I. The summed E-state index contributed by atoms with van der Waals surface area (Å²) in [6, 6.07) is 10.8. The predicted octanol–water partition coefficient (Wildman–Crippen LogP) is 3.51. The average molecular weight is 534 g/mol. The molecule has 0 unspecified atom stereocenters. The quantitative estimate of drug-likeness (QED) is 0.186. The van der Waals surface area contributed by atoms with Crippen molar-refractivity contribution in [3.05, 3.63) is 35.9 Å². The Morgan fingerprint density at radius 2 is 1.55 bits per heavy atom. The number of unbranched alkanes of at least 4 members (excludes halogenated alkanes) is 2. The van der Waals surface area contributed by atoms with E-state index in [0.29, 0.717) is 0 Å². The highest BCUT2D eigenvalue weighted by molar-refractivity contribution is 14.0. The third-order valence-corrected chi connectivity index (χ3v) is 5.90. The van der Waals surface area contributed by atoms with Crippen molar-refractivity contribution in [2.75, 3.05) is 64.9 Å². The molecular formula is C22H40IN5S. The number of halogens is 1. The molecule has 166 valence electrons. The largest absolute Gasteiger partial charge is 0.356 e. The summed E-state index contributed by atoms with van der Waals surface area (Å²) in [4.78, 5) is 9.49. The van der Waals surface area contributed by atoms with Crippen molar-refractivity contribution in [1.82, 2.24) is 20.4 Å². The molecule has 0 aliphatic carbocycles. The standard InChI is InChI=1S/C22H39N5S.HI/c1-23-22(25-13-7-9-19-28-2)24-12-6-8-14-26-15-17-27(18-16-26)20-21-10-4-3-5-11-21;/h3-5,10-11H,6-9,12-20H2,1-2H3,(H2,23,24,25);1H. The molecule has 0 atom stereocenters. The highest BCUT2D eigenvalue weighted by atomic mass is 127. The van der Waals surface area contributed by atoms with E-state index in [4.69, 9.17) is 0 Å². The maximum atomic E-state index is 4.31. The monoisotopic (exact) mass is 533 g/mol. The van der Waals surface area contributed by atoms with Gasteiger partial charge in [0.15, 0.2) is 5.96 Å². The summed E-state index contributed by atoms with van der Waals surface area (Å²) in [5.74, 6) is 2.19. The molecule has 5 nitrogen and oxygen atoms in total. The summed E-state index contributed by atoms with van der Waals surface area (Å²) in [5, 5.41) is 6.85. The van der Waals surface area contributed by atoms with Gasteiger partial charge < -0.3 is 15.5 Å². The molecule has 7 heteroatoms. The molecule has 1 saturated heterocycles. The van der Waals surface area contributed by atoms with Crippen molar-refractivity contribution < 1.29 is 0 Å². The molecule has 0 amide bonds. The third-order valence-electron chi connectivity index (χ3n) is 5.20. The lowest BCUT2D eigenvalue weighted by molar-refractivity contribution is 0.126. The Morgan fingerprint density at radius 3 is 2.17 bits per heavy atom. The molecule has 1 aliphatic rings. The average Bonchev–Trinajstić information content (AvgIpc) is 2.74. The highest BCUT2D eigenvalue weighted by Gasteiger charge is 2.16. The second kappa shape index (κ2) is 17.2. The smallest absolute Gasteiger partial charge is 0.190 e. The number of benzene rings is 1. The number of nitrogens with zero attached hydrogens (tertiary/aromatic N) is 3. The van der Waals surface area contributed by atoms with Crippen LogP contribution in [0, 0.1) is 0 Å². The Hall–Kier alpha value is -0.510. The van der Waals surface area contributed by atoms with Gasteiger partial charge in [0.2, 0.25) is 0 Å². The maximum absolute atomic E-state index is 4.31. The number of piperazine rings is 1. The molecule has 1 aliphatic heterocycles. The lowest BCUT2D eigenvalue weighted by Gasteiger charge is -2.34. The van der Waals surface area contributed by atoms with Crippen LogP contribution >= 0.6 is 35.7 Å². The fraction of sp³-hybridized carbons (Fsp3) is 0.682. The van der Waals surface area contributed by atoms with Gasteiger partial charge in [-0.15, -0.1) is 24.0 Å². The zero-order chi connectivity index (χ0) is 19.9. The van der Waals surface area contributed by atoms with Gasteiger partial charge in [0.25, 0.3) is 0 Å².